The molecule has 0 fully saturated rings. The number of rotatable bonds is 2. The Morgan fingerprint density at radius 3 is 2.28 bits per heavy atom. The Kier molecular flexibility index (Phi) is 2.56. The molecule has 0 saturated carbocycles. The van der Waals surface area contributed by atoms with Gasteiger partial charge in [0.2, 0.25) is 0 Å². The molecule has 0 radical (unpaired) electrons. The average molecular weight is 236 g/mol. The molecule has 88 valence electrons. The summed E-state index contributed by atoms with van der Waals surface area (Å²) >= 11 is 0. The van der Waals surface area contributed by atoms with Crippen molar-refractivity contribution in [3.05, 3.63) is 71.3 Å². The molecule has 0 spiro atoms. The van der Waals surface area contributed by atoms with Crippen LogP contribution >= 0.6 is 0 Å². The maximum absolute atomic E-state index is 12.2. The number of ketones is 1. The van der Waals surface area contributed by atoms with Gasteiger partial charge in [-0.25, -0.2) is 0 Å². The fourth-order valence-electron chi connectivity index (χ4n) is 2.70. The van der Waals surface area contributed by atoms with Crippen LogP contribution in [0.5, 0.6) is 0 Å². The first-order valence-corrected chi connectivity index (χ1v) is 5.96. The summed E-state index contributed by atoms with van der Waals surface area (Å²) in [5.74, 6) is -0.772. The van der Waals surface area contributed by atoms with Crippen LogP contribution in [0.4, 0.5) is 0 Å². The smallest absolute Gasteiger partial charge is 0.174 e. The van der Waals surface area contributed by atoms with Gasteiger partial charge < -0.3 is 4.79 Å². The van der Waals surface area contributed by atoms with Crippen LogP contribution in [0.3, 0.4) is 0 Å². The van der Waals surface area contributed by atoms with Gasteiger partial charge in [-0.1, -0.05) is 54.6 Å². The summed E-state index contributed by atoms with van der Waals surface area (Å²) < 4.78 is 0. The van der Waals surface area contributed by atoms with Gasteiger partial charge in [-0.2, -0.15) is 0 Å². The van der Waals surface area contributed by atoms with Crippen LogP contribution in [0.1, 0.15) is 27.4 Å². The van der Waals surface area contributed by atoms with E-state index >= 15 is 0 Å². The minimum atomic E-state index is -0.579. The van der Waals surface area contributed by atoms with Crippen molar-refractivity contribution < 1.29 is 9.59 Å². The van der Waals surface area contributed by atoms with Crippen molar-refractivity contribution in [1.82, 2.24) is 0 Å². The van der Waals surface area contributed by atoms with Gasteiger partial charge in [0.05, 0.1) is 5.92 Å². The van der Waals surface area contributed by atoms with E-state index in [1.165, 1.54) is 0 Å². The molecule has 2 atom stereocenters. The van der Waals surface area contributed by atoms with Crippen LogP contribution in [0.25, 0.3) is 0 Å². The van der Waals surface area contributed by atoms with Crippen molar-refractivity contribution in [2.45, 2.75) is 5.92 Å². The summed E-state index contributed by atoms with van der Waals surface area (Å²) in [7, 11) is 0. The predicted octanol–water partition coefficient (Wildman–Crippen LogP) is 2.83. The van der Waals surface area contributed by atoms with E-state index in [0.29, 0.717) is 5.56 Å². The molecule has 0 heterocycles. The number of aldehydes is 1. The summed E-state index contributed by atoms with van der Waals surface area (Å²) in [6, 6.07) is 17.2. The zero-order valence-corrected chi connectivity index (χ0v) is 9.74. The second kappa shape index (κ2) is 4.22. The van der Waals surface area contributed by atoms with Gasteiger partial charge in [0.25, 0.3) is 0 Å². The molecule has 0 saturated heterocycles. The Labute approximate surface area is 105 Å². The van der Waals surface area contributed by atoms with Crippen LogP contribution in [0.15, 0.2) is 54.6 Å². The first-order chi connectivity index (χ1) is 8.83. The molecule has 0 aliphatic heterocycles. The predicted molar refractivity (Wildman–Crippen MR) is 68.6 cm³/mol. The van der Waals surface area contributed by atoms with Gasteiger partial charge in [-0.3, -0.25) is 4.79 Å². The number of hydrogen-bond acceptors (Lipinski definition) is 2. The van der Waals surface area contributed by atoms with Crippen molar-refractivity contribution in [2.24, 2.45) is 5.92 Å². The maximum atomic E-state index is 12.2. The fourth-order valence-corrected chi connectivity index (χ4v) is 2.70. The number of carbonyl (C=O) groups is 2. The standard InChI is InChI=1S/C16H12O2/c17-10-14-15(11-6-2-1-3-7-11)12-8-4-5-9-13(12)16(14)18/h1-10,14-15H/t14-,15+/m0/s1. The highest BCUT2D eigenvalue weighted by Crippen LogP contribution is 2.41. The third kappa shape index (κ3) is 1.50. The maximum Gasteiger partial charge on any atom is 0.174 e. The molecule has 1 aliphatic carbocycles. The highest BCUT2D eigenvalue weighted by molar-refractivity contribution is 6.10. The number of fused-ring (bicyclic) bond motifs is 1. The molecule has 18 heavy (non-hydrogen) atoms. The topological polar surface area (TPSA) is 34.1 Å². The molecule has 3 rings (SSSR count). The normalized spacial score (nSPS) is 21.7. The van der Waals surface area contributed by atoms with Crippen LogP contribution in [0, 0.1) is 5.92 Å². The molecule has 0 unspecified atom stereocenters. The van der Waals surface area contributed by atoms with Crippen LogP contribution in [0.2, 0.25) is 0 Å². The van der Waals surface area contributed by atoms with E-state index < -0.39 is 5.92 Å². The Morgan fingerprint density at radius 2 is 1.56 bits per heavy atom. The Bertz CT molecular complexity index is 602. The second-order valence-electron chi connectivity index (χ2n) is 4.50. The second-order valence-corrected chi connectivity index (χ2v) is 4.50. The van der Waals surface area contributed by atoms with Gasteiger partial charge in [0.1, 0.15) is 6.29 Å². The number of hydrogen-bond donors (Lipinski definition) is 0. The Hall–Kier alpha value is -2.22. The van der Waals surface area contributed by atoms with Crippen LogP contribution in [-0.4, -0.2) is 12.1 Å². The molecule has 1 aliphatic rings. The van der Waals surface area contributed by atoms with Gasteiger partial charge >= 0.3 is 0 Å². The molecule has 0 aromatic heterocycles. The van der Waals surface area contributed by atoms with Crippen LogP contribution in [-0.2, 0) is 4.79 Å². The first kappa shape index (κ1) is 10.9. The van der Waals surface area contributed by atoms with E-state index in [4.69, 9.17) is 0 Å². The van der Waals surface area contributed by atoms with E-state index in [9.17, 15) is 9.59 Å². The van der Waals surface area contributed by atoms with Crippen molar-refractivity contribution in [1.29, 1.82) is 0 Å². The van der Waals surface area contributed by atoms with Gasteiger partial charge in [0, 0.05) is 11.5 Å². The van der Waals surface area contributed by atoms with E-state index in [-0.39, 0.29) is 11.7 Å². The summed E-state index contributed by atoms with van der Waals surface area (Å²) in [5, 5.41) is 0. The molecule has 2 nitrogen and oxygen atoms in total. The molecule has 2 heteroatoms. The summed E-state index contributed by atoms with van der Waals surface area (Å²) in [6.07, 6.45) is 0.778. The number of Topliss-reactive ketones (excluding diaryl/α,β-unsaturated/α-hetero) is 1. The first-order valence-electron chi connectivity index (χ1n) is 5.96. The van der Waals surface area contributed by atoms with Crippen LogP contribution < -0.4 is 0 Å². The van der Waals surface area contributed by atoms with E-state index in [2.05, 4.69) is 0 Å². The zero-order valence-electron chi connectivity index (χ0n) is 9.74. The summed E-state index contributed by atoms with van der Waals surface area (Å²) in [5.41, 5.74) is 2.67. The van der Waals surface area contributed by atoms with Crippen molar-refractivity contribution in [2.75, 3.05) is 0 Å². The van der Waals surface area contributed by atoms with E-state index in [0.717, 1.165) is 17.4 Å². The lowest BCUT2D eigenvalue weighted by Crippen LogP contribution is -2.16. The third-order valence-corrected chi connectivity index (χ3v) is 3.53. The minimum absolute atomic E-state index is 0.0607. The van der Waals surface area contributed by atoms with Gasteiger partial charge in [-0.15, -0.1) is 0 Å². The Morgan fingerprint density at radius 1 is 0.889 bits per heavy atom. The lowest BCUT2D eigenvalue weighted by Gasteiger charge is -2.14. The highest BCUT2D eigenvalue weighted by Gasteiger charge is 2.39. The minimum Gasteiger partial charge on any atom is -0.303 e. The SMILES string of the molecule is O=C[C@@H]1C(=O)c2ccccc2[C@H]1c1ccccc1. The molecule has 0 N–H and O–H groups in total. The van der Waals surface area contributed by atoms with Gasteiger partial charge in [-0.05, 0) is 11.1 Å². The van der Waals surface area contributed by atoms with E-state index in [1.54, 1.807) is 6.07 Å². The Balaban J connectivity index is 2.19. The lowest BCUT2D eigenvalue weighted by molar-refractivity contribution is -0.110. The van der Waals surface area contributed by atoms with Gasteiger partial charge in [0.15, 0.2) is 5.78 Å². The average Bonchev–Trinajstić information content (AvgIpc) is 2.73. The molecular formula is C16H12O2. The molecule has 0 amide bonds. The number of benzene rings is 2. The lowest BCUT2D eigenvalue weighted by atomic mass is 9.86. The van der Waals surface area contributed by atoms with Crippen molar-refractivity contribution >= 4 is 12.1 Å². The van der Waals surface area contributed by atoms with Crippen molar-refractivity contribution in [3.8, 4) is 0 Å². The molecule has 2 aromatic carbocycles. The summed E-state index contributed by atoms with van der Waals surface area (Å²) in [6.45, 7) is 0. The summed E-state index contributed by atoms with van der Waals surface area (Å²) in [4.78, 5) is 23.4. The zero-order chi connectivity index (χ0) is 12.5. The number of carbonyl (C=O) groups excluding carboxylic acids is 2. The quantitative estimate of drug-likeness (QED) is 0.593. The monoisotopic (exact) mass is 236 g/mol. The highest BCUT2D eigenvalue weighted by atomic mass is 16.1. The third-order valence-electron chi connectivity index (χ3n) is 3.53. The van der Waals surface area contributed by atoms with Crippen molar-refractivity contribution in [3.63, 3.8) is 0 Å². The molecule has 0 bridgehead atoms. The molecular weight excluding hydrogens is 224 g/mol. The fraction of sp³-hybridized carbons (Fsp3) is 0.125. The largest absolute Gasteiger partial charge is 0.303 e. The molecule has 2 aromatic rings. The van der Waals surface area contributed by atoms with E-state index in [1.807, 2.05) is 48.5 Å².